The van der Waals surface area contributed by atoms with Crippen molar-refractivity contribution in [3.05, 3.63) is 11.1 Å². The van der Waals surface area contributed by atoms with Crippen molar-refractivity contribution in [3.63, 3.8) is 0 Å². The van der Waals surface area contributed by atoms with Crippen LogP contribution in [0.5, 0.6) is 0 Å². The Morgan fingerprint density at radius 1 is 1.24 bits per heavy atom. The van der Waals surface area contributed by atoms with Gasteiger partial charge < -0.3 is 14.9 Å². The van der Waals surface area contributed by atoms with Crippen LogP contribution in [0.3, 0.4) is 0 Å². The number of hydrogen-bond acceptors (Lipinski definition) is 4. The van der Waals surface area contributed by atoms with E-state index in [1.165, 1.54) is 6.92 Å². The van der Waals surface area contributed by atoms with Gasteiger partial charge in [-0.2, -0.15) is 0 Å². The molecular formula is C13H24O4. The highest BCUT2D eigenvalue weighted by Crippen LogP contribution is 2.19. The first-order valence-electron chi connectivity index (χ1n) is 6.24. The summed E-state index contributed by atoms with van der Waals surface area (Å²) in [6, 6.07) is 0. The molecule has 100 valence electrons. The first-order valence-corrected chi connectivity index (χ1v) is 6.24. The maximum absolute atomic E-state index is 11.7. The Balaban J connectivity index is 4.68. The summed E-state index contributed by atoms with van der Waals surface area (Å²) in [5.41, 5.74) is 1.51. The summed E-state index contributed by atoms with van der Waals surface area (Å²) in [6.07, 6.45) is 3.65. The molecule has 0 aromatic carbocycles. The summed E-state index contributed by atoms with van der Waals surface area (Å²) in [4.78, 5) is 11.7. The third kappa shape index (κ3) is 5.84. The zero-order valence-corrected chi connectivity index (χ0v) is 11.2. The summed E-state index contributed by atoms with van der Waals surface area (Å²) in [5.74, 6) is -3.01. The van der Waals surface area contributed by atoms with Crippen LogP contribution in [0.15, 0.2) is 11.1 Å². The molecular weight excluding hydrogens is 220 g/mol. The number of hydrogen-bond donors (Lipinski definition) is 2. The predicted molar refractivity (Wildman–Crippen MR) is 66.1 cm³/mol. The third-order valence-electron chi connectivity index (χ3n) is 2.81. The number of ether oxygens (including phenoxy) is 1. The van der Waals surface area contributed by atoms with E-state index >= 15 is 0 Å². The standard InChI is InChI=1S/C13H24O4/c1-5-8-9-11(6-2)10(4)12(14)17-13(15,16)7-3/h15-16H,5-9H2,1-4H3/b11-10+. The number of carbonyl (C=O) groups is 1. The Bertz CT molecular complexity index is 279. The van der Waals surface area contributed by atoms with E-state index in [1.54, 1.807) is 6.92 Å². The number of rotatable bonds is 7. The molecule has 0 aliphatic heterocycles. The van der Waals surface area contributed by atoms with Crippen LogP contribution in [0.25, 0.3) is 0 Å². The van der Waals surface area contributed by atoms with Crippen molar-refractivity contribution >= 4 is 5.97 Å². The van der Waals surface area contributed by atoms with Gasteiger partial charge in [0, 0.05) is 12.0 Å². The molecule has 0 aliphatic rings. The maximum Gasteiger partial charge on any atom is 0.337 e. The largest absolute Gasteiger partial charge is 0.405 e. The first-order chi connectivity index (χ1) is 7.87. The second kappa shape index (κ2) is 7.45. The van der Waals surface area contributed by atoms with Crippen molar-refractivity contribution in [2.75, 3.05) is 0 Å². The zero-order valence-electron chi connectivity index (χ0n) is 11.2. The second-order valence-corrected chi connectivity index (χ2v) is 4.17. The SMILES string of the molecule is CCCC/C(CC)=C(\C)C(=O)OC(O)(O)CC. The van der Waals surface area contributed by atoms with Crippen molar-refractivity contribution in [1.82, 2.24) is 0 Å². The molecule has 0 fully saturated rings. The smallest absolute Gasteiger partial charge is 0.337 e. The topological polar surface area (TPSA) is 66.8 Å². The van der Waals surface area contributed by atoms with Crippen LogP contribution in [-0.2, 0) is 9.53 Å². The molecule has 0 bridgehead atoms. The molecule has 0 unspecified atom stereocenters. The molecule has 4 nitrogen and oxygen atoms in total. The monoisotopic (exact) mass is 244 g/mol. The minimum absolute atomic E-state index is 0.0531. The van der Waals surface area contributed by atoms with E-state index in [-0.39, 0.29) is 6.42 Å². The van der Waals surface area contributed by atoms with Gasteiger partial charge in [-0.15, -0.1) is 0 Å². The number of unbranched alkanes of at least 4 members (excludes halogenated alkanes) is 1. The van der Waals surface area contributed by atoms with E-state index in [0.29, 0.717) is 5.57 Å². The van der Waals surface area contributed by atoms with Gasteiger partial charge in [-0.25, -0.2) is 4.79 Å². The van der Waals surface area contributed by atoms with Gasteiger partial charge in [0.15, 0.2) is 0 Å². The summed E-state index contributed by atoms with van der Waals surface area (Å²) >= 11 is 0. The molecule has 0 saturated carbocycles. The number of allylic oxidation sites excluding steroid dienone is 1. The average molecular weight is 244 g/mol. The van der Waals surface area contributed by atoms with Crippen LogP contribution in [0.1, 0.15) is 59.8 Å². The van der Waals surface area contributed by atoms with Crippen LogP contribution in [0, 0.1) is 0 Å². The minimum atomic E-state index is -2.36. The highest BCUT2D eigenvalue weighted by molar-refractivity contribution is 5.88. The first kappa shape index (κ1) is 16.1. The zero-order chi connectivity index (χ0) is 13.5. The number of carbonyl (C=O) groups excluding carboxylic acids is 1. The molecule has 0 aromatic heterocycles. The van der Waals surface area contributed by atoms with Crippen molar-refractivity contribution in [2.45, 2.75) is 65.8 Å². The average Bonchev–Trinajstić information content (AvgIpc) is 2.29. The van der Waals surface area contributed by atoms with Gasteiger partial charge in [0.05, 0.1) is 0 Å². The highest BCUT2D eigenvalue weighted by atomic mass is 16.8. The van der Waals surface area contributed by atoms with E-state index in [9.17, 15) is 15.0 Å². The van der Waals surface area contributed by atoms with Gasteiger partial charge in [-0.3, -0.25) is 0 Å². The lowest BCUT2D eigenvalue weighted by atomic mass is 10.0. The summed E-state index contributed by atoms with van der Waals surface area (Å²) in [7, 11) is 0. The van der Waals surface area contributed by atoms with Gasteiger partial charge in [0.1, 0.15) is 0 Å². The van der Waals surface area contributed by atoms with Crippen molar-refractivity contribution in [1.29, 1.82) is 0 Å². The van der Waals surface area contributed by atoms with Crippen LogP contribution in [0.2, 0.25) is 0 Å². The summed E-state index contributed by atoms with van der Waals surface area (Å²) < 4.78 is 4.63. The Hall–Kier alpha value is -0.870. The molecule has 0 aromatic rings. The van der Waals surface area contributed by atoms with Crippen molar-refractivity contribution in [3.8, 4) is 0 Å². The summed E-state index contributed by atoms with van der Waals surface area (Å²) in [6.45, 7) is 7.27. The molecule has 0 heterocycles. The van der Waals surface area contributed by atoms with Crippen molar-refractivity contribution < 1.29 is 19.7 Å². The molecule has 0 atom stereocenters. The molecule has 0 amide bonds. The second-order valence-electron chi connectivity index (χ2n) is 4.17. The van der Waals surface area contributed by atoms with E-state index < -0.39 is 11.9 Å². The minimum Gasteiger partial charge on any atom is -0.405 e. The van der Waals surface area contributed by atoms with Gasteiger partial charge in [-0.05, 0) is 26.2 Å². The Morgan fingerprint density at radius 3 is 2.24 bits per heavy atom. The molecule has 2 N–H and O–H groups in total. The van der Waals surface area contributed by atoms with E-state index in [1.807, 2.05) is 6.92 Å². The van der Waals surface area contributed by atoms with Crippen molar-refractivity contribution in [2.24, 2.45) is 0 Å². The van der Waals surface area contributed by atoms with Crippen LogP contribution >= 0.6 is 0 Å². The summed E-state index contributed by atoms with van der Waals surface area (Å²) in [5, 5.41) is 18.5. The maximum atomic E-state index is 11.7. The lowest BCUT2D eigenvalue weighted by Crippen LogP contribution is -2.34. The Kier molecular flexibility index (Phi) is 7.07. The lowest BCUT2D eigenvalue weighted by Gasteiger charge is -2.20. The molecule has 4 heteroatoms. The van der Waals surface area contributed by atoms with Gasteiger partial charge >= 0.3 is 11.9 Å². The molecule has 17 heavy (non-hydrogen) atoms. The Morgan fingerprint density at radius 2 is 1.82 bits per heavy atom. The predicted octanol–water partition coefficient (Wildman–Crippen LogP) is 2.49. The molecule has 0 aliphatic carbocycles. The van der Waals surface area contributed by atoms with E-state index in [0.717, 1.165) is 31.3 Å². The van der Waals surface area contributed by atoms with Gasteiger partial charge in [0.25, 0.3) is 0 Å². The fourth-order valence-corrected chi connectivity index (χ4v) is 1.46. The molecule has 0 radical (unpaired) electrons. The molecule has 0 rings (SSSR count). The number of esters is 1. The molecule has 0 saturated heterocycles. The number of aliphatic hydroxyl groups is 2. The van der Waals surface area contributed by atoms with Crippen LogP contribution in [0.4, 0.5) is 0 Å². The van der Waals surface area contributed by atoms with Crippen LogP contribution < -0.4 is 0 Å². The fraction of sp³-hybridized carbons (Fsp3) is 0.769. The van der Waals surface area contributed by atoms with Gasteiger partial charge in [-0.1, -0.05) is 32.8 Å². The highest BCUT2D eigenvalue weighted by Gasteiger charge is 2.27. The Labute approximate surface area is 103 Å². The normalized spacial score (nSPS) is 13.3. The van der Waals surface area contributed by atoms with E-state index in [2.05, 4.69) is 11.7 Å². The quantitative estimate of drug-likeness (QED) is 0.410. The van der Waals surface area contributed by atoms with Gasteiger partial charge in [0.2, 0.25) is 0 Å². The van der Waals surface area contributed by atoms with Crippen LogP contribution in [-0.4, -0.2) is 22.2 Å². The lowest BCUT2D eigenvalue weighted by molar-refractivity contribution is -0.318. The fourth-order valence-electron chi connectivity index (χ4n) is 1.46. The van der Waals surface area contributed by atoms with E-state index in [4.69, 9.17) is 0 Å². The molecule has 0 spiro atoms. The third-order valence-corrected chi connectivity index (χ3v) is 2.81.